The van der Waals surface area contributed by atoms with E-state index in [4.69, 9.17) is 23.7 Å². The third kappa shape index (κ3) is 4.43. The fourth-order valence-corrected chi connectivity index (χ4v) is 8.71. The molecular weight excluding hydrogens is 588 g/mol. The van der Waals surface area contributed by atoms with Gasteiger partial charge in [0.15, 0.2) is 17.3 Å². The molecule has 2 saturated heterocycles. The summed E-state index contributed by atoms with van der Waals surface area (Å²) in [6.45, 7) is 9.98. The van der Waals surface area contributed by atoms with Gasteiger partial charge in [0.1, 0.15) is 23.9 Å². The maximum absolute atomic E-state index is 13.8. The third-order valence-electron chi connectivity index (χ3n) is 10.7. The van der Waals surface area contributed by atoms with Crippen molar-refractivity contribution in [1.82, 2.24) is 0 Å². The molecule has 0 amide bonds. The Morgan fingerprint density at radius 2 is 1.87 bits per heavy atom. The lowest BCUT2D eigenvalue weighted by Crippen LogP contribution is -2.70. The van der Waals surface area contributed by atoms with Gasteiger partial charge in [0.05, 0.1) is 25.6 Å². The zero-order valence-corrected chi connectivity index (χ0v) is 26.6. The van der Waals surface area contributed by atoms with E-state index < -0.39 is 46.7 Å². The van der Waals surface area contributed by atoms with E-state index in [9.17, 15) is 19.8 Å². The minimum absolute atomic E-state index is 0.0156. The molecule has 2 heterocycles. The van der Waals surface area contributed by atoms with Crippen LogP contribution in [0, 0.1) is 17.8 Å². The molecule has 3 aliphatic carbocycles. The first-order valence-electron chi connectivity index (χ1n) is 15.8. The van der Waals surface area contributed by atoms with E-state index in [0.717, 1.165) is 11.1 Å². The number of phenols is 1. The molecule has 5 aliphatic rings. The highest BCUT2D eigenvalue weighted by atomic mass is 16.9. The first-order chi connectivity index (χ1) is 21.9. The fourth-order valence-electron chi connectivity index (χ4n) is 8.71. The molecule has 0 aromatic heterocycles. The zero-order chi connectivity index (χ0) is 32.6. The number of Topliss-reactive ketones (excluding diaryl/α,β-unsaturated/α-hetero) is 1. The molecule has 9 heteroatoms. The van der Waals surface area contributed by atoms with E-state index in [1.165, 1.54) is 13.2 Å². The van der Waals surface area contributed by atoms with Crippen LogP contribution in [0.2, 0.25) is 0 Å². The van der Waals surface area contributed by atoms with Gasteiger partial charge in [-0.2, -0.15) is 0 Å². The Morgan fingerprint density at radius 1 is 1.11 bits per heavy atom. The second-order valence-electron chi connectivity index (χ2n) is 13.7. The van der Waals surface area contributed by atoms with Gasteiger partial charge in [-0.25, -0.2) is 0 Å². The zero-order valence-electron chi connectivity index (χ0n) is 26.6. The largest absolute Gasteiger partial charge is 0.504 e. The van der Waals surface area contributed by atoms with E-state index in [1.54, 1.807) is 19.1 Å². The monoisotopic (exact) mass is 628 g/mol. The number of carbonyl (C=O) groups is 2. The Labute approximate surface area is 268 Å². The van der Waals surface area contributed by atoms with Crippen LogP contribution in [0.5, 0.6) is 11.5 Å². The van der Waals surface area contributed by atoms with Gasteiger partial charge in [0, 0.05) is 18.3 Å². The summed E-state index contributed by atoms with van der Waals surface area (Å²) in [5.41, 5.74) is -0.241. The number of rotatable bonds is 8. The molecule has 0 radical (unpaired) electrons. The minimum atomic E-state index is -1.80. The number of benzene rings is 2. The van der Waals surface area contributed by atoms with E-state index >= 15 is 0 Å². The highest BCUT2D eigenvalue weighted by Crippen LogP contribution is 2.68. The average molecular weight is 629 g/mol. The lowest BCUT2D eigenvalue weighted by Gasteiger charge is -2.59. The van der Waals surface area contributed by atoms with Crippen LogP contribution in [0.25, 0.3) is 0 Å². The van der Waals surface area contributed by atoms with Crippen molar-refractivity contribution < 1.29 is 43.5 Å². The van der Waals surface area contributed by atoms with Gasteiger partial charge in [-0.15, -0.1) is 0 Å². The summed E-state index contributed by atoms with van der Waals surface area (Å²) < 4.78 is 31.8. The number of ether oxygens (including phenoxy) is 5. The van der Waals surface area contributed by atoms with Crippen LogP contribution in [0.15, 0.2) is 84.0 Å². The summed E-state index contributed by atoms with van der Waals surface area (Å²) in [7, 11) is 1.44. The van der Waals surface area contributed by atoms with Crippen molar-refractivity contribution in [3.8, 4) is 11.5 Å². The molecule has 2 aliphatic heterocycles. The van der Waals surface area contributed by atoms with Crippen molar-refractivity contribution >= 4 is 11.8 Å². The van der Waals surface area contributed by atoms with Crippen LogP contribution in [-0.2, 0) is 41.4 Å². The van der Waals surface area contributed by atoms with Crippen molar-refractivity contribution in [1.29, 1.82) is 0 Å². The van der Waals surface area contributed by atoms with Crippen LogP contribution in [-0.4, -0.2) is 64.6 Å². The summed E-state index contributed by atoms with van der Waals surface area (Å²) >= 11 is 0. The average Bonchev–Trinajstić information content (AvgIpc) is 3.32. The van der Waals surface area contributed by atoms with Crippen molar-refractivity contribution in [3.63, 3.8) is 0 Å². The van der Waals surface area contributed by atoms with Crippen molar-refractivity contribution in [2.75, 3.05) is 13.7 Å². The minimum Gasteiger partial charge on any atom is -0.504 e. The molecule has 9 nitrogen and oxygen atoms in total. The number of esters is 1. The molecular formula is C37H40O9. The summed E-state index contributed by atoms with van der Waals surface area (Å²) in [4.78, 5) is 26.8. The maximum atomic E-state index is 13.8. The molecule has 7 rings (SSSR count). The number of carbonyl (C=O) groups excluding carboxylic acids is 2. The Hall–Kier alpha value is -3.76. The van der Waals surface area contributed by atoms with E-state index in [1.807, 2.05) is 49.4 Å². The molecule has 0 spiro atoms. The Kier molecular flexibility index (Phi) is 7.14. The van der Waals surface area contributed by atoms with Gasteiger partial charge in [-0.3, -0.25) is 9.59 Å². The van der Waals surface area contributed by atoms with Crippen LogP contribution >= 0.6 is 0 Å². The number of hydrogen-bond donors (Lipinski definition) is 2. The van der Waals surface area contributed by atoms with Crippen LogP contribution in [0.1, 0.15) is 44.7 Å². The highest BCUT2D eigenvalue weighted by molar-refractivity contribution is 6.04. The molecule has 3 bridgehead atoms. The molecule has 2 aromatic carbocycles. The third-order valence-corrected chi connectivity index (χ3v) is 10.7. The number of methoxy groups -OCH3 is 1. The van der Waals surface area contributed by atoms with Gasteiger partial charge in [-0.05, 0) is 66.2 Å². The van der Waals surface area contributed by atoms with Gasteiger partial charge >= 0.3 is 5.97 Å². The van der Waals surface area contributed by atoms with Gasteiger partial charge < -0.3 is 33.9 Å². The lowest BCUT2D eigenvalue weighted by molar-refractivity contribution is -0.421. The first kappa shape index (κ1) is 30.9. The molecule has 3 fully saturated rings. The van der Waals surface area contributed by atoms with Crippen LogP contribution in [0.3, 0.4) is 0 Å². The second-order valence-corrected chi connectivity index (χ2v) is 13.7. The molecule has 1 saturated carbocycles. The smallest absolute Gasteiger partial charge is 0.310 e. The van der Waals surface area contributed by atoms with E-state index in [-0.39, 0.29) is 42.6 Å². The molecule has 2 aromatic rings. The second kappa shape index (κ2) is 10.6. The van der Waals surface area contributed by atoms with E-state index in [2.05, 4.69) is 13.5 Å². The quantitative estimate of drug-likeness (QED) is 0.315. The maximum Gasteiger partial charge on any atom is 0.310 e. The normalized spacial score (nSPS) is 37.1. The van der Waals surface area contributed by atoms with Crippen LogP contribution in [0.4, 0.5) is 0 Å². The topological polar surface area (TPSA) is 121 Å². The van der Waals surface area contributed by atoms with Crippen molar-refractivity contribution in [2.45, 2.75) is 75.3 Å². The number of ketones is 1. The summed E-state index contributed by atoms with van der Waals surface area (Å²) in [5, 5.41) is 22.3. The first-order valence-corrected chi connectivity index (χ1v) is 15.8. The molecule has 8 atom stereocenters. The van der Waals surface area contributed by atoms with Crippen molar-refractivity contribution in [3.05, 3.63) is 95.1 Å². The number of phenolic OH excluding ortho intramolecular Hbond substituents is 1. The molecule has 0 unspecified atom stereocenters. The van der Waals surface area contributed by atoms with Gasteiger partial charge in [-0.1, -0.05) is 62.1 Å². The van der Waals surface area contributed by atoms with Gasteiger partial charge in [0.2, 0.25) is 0 Å². The van der Waals surface area contributed by atoms with Crippen LogP contribution < -0.4 is 4.74 Å². The molecule has 242 valence electrons. The van der Waals surface area contributed by atoms with Crippen molar-refractivity contribution in [2.24, 2.45) is 17.8 Å². The predicted octanol–water partition coefficient (Wildman–Crippen LogP) is 4.74. The molecule has 46 heavy (non-hydrogen) atoms. The Bertz CT molecular complexity index is 1680. The predicted molar refractivity (Wildman–Crippen MR) is 167 cm³/mol. The Balaban J connectivity index is 1.27. The SMILES string of the molecule is C=C(C)[C@]12C[C@@H](C)[C@@]34O[C@@](Cc5ccccc5)(O[C@@H]1[C@@H]3C=C(COC(=O)Cc1ccc(O)c(OC)c1)C[C@]1(O)C(=O)C(C)=C[C@H]41)O2. The Morgan fingerprint density at radius 3 is 2.59 bits per heavy atom. The number of aliphatic hydroxyl groups is 1. The summed E-state index contributed by atoms with van der Waals surface area (Å²) in [6.07, 6.45) is 4.13. The number of hydrogen-bond acceptors (Lipinski definition) is 9. The summed E-state index contributed by atoms with van der Waals surface area (Å²) in [5.74, 6) is -3.37. The standard InChI is InChI=1S/C37H40O9/c1-21(2)35-17-23(4)37-27(33(35)44-36(45-35,46-37)19-24-9-7-6-8-10-24)14-26(18-34(41)30(37)13-22(3)32(34)40)20-43-31(39)16-25-11-12-28(38)29(15-25)42-5/h6-15,23,27,30,33,38,41H,1,16-20H2,2-5H3/t23-,27+,30+,33-,34-,35-,36+,37-/m1/s1. The lowest BCUT2D eigenvalue weighted by atomic mass is 9.55. The summed E-state index contributed by atoms with van der Waals surface area (Å²) in [6, 6.07) is 14.5. The number of fused-ring (bicyclic) bond motifs is 2. The van der Waals surface area contributed by atoms with Gasteiger partial charge in [0.25, 0.3) is 5.97 Å². The molecule has 2 N–H and O–H groups in total. The fraction of sp³-hybridized carbons (Fsp3) is 0.459. The van der Waals surface area contributed by atoms with E-state index in [0.29, 0.717) is 29.6 Å². The highest BCUT2D eigenvalue weighted by Gasteiger charge is 2.79. The number of aromatic hydroxyl groups is 1.